The Morgan fingerprint density at radius 1 is 1.23 bits per heavy atom. The number of hydrogen-bond acceptors (Lipinski definition) is 5. The van der Waals surface area contributed by atoms with Gasteiger partial charge in [-0.1, -0.05) is 12.1 Å². The highest BCUT2D eigenvalue weighted by Gasteiger charge is 2.10. The first-order valence-corrected chi connectivity index (χ1v) is 8.19. The van der Waals surface area contributed by atoms with Crippen molar-refractivity contribution in [1.82, 2.24) is 5.32 Å². The highest BCUT2D eigenvalue weighted by molar-refractivity contribution is 6.44. The summed E-state index contributed by atoms with van der Waals surface area (Å²) in [5.41, 5.74) is 2.67. The van der Waals surface area contributed by atoms with Crippen LogP contribution in [0, 0.1) is 0 Å². The molecule has 2 rings (SSSR count). The first-order valence-electron chi connectivity index (χ1n) is 8.19. The summed E-state index contributed by atoms with van der Waals surface area (Å²) >= 11 is 0. The highest BCUT2D eigenvalue weighted by atomic mass is 16.5. The standard InChI is InChI=1S/C20H22N2O4/c1-14(18-5-4-12-26-18)13-17(21-2)19(23)22-11-10-15-6-8-16(9-7-15)20(24)25-3/h4-9,12-13H,10-11H2,1-3H3,(H,22,23)/b14-13+,21-17?. The second-order valence-electron chi connectivity index (χ2n) is 5.61. The van der Waals surface area contributed by atoms with Gasteiger partial charge in [0.05, 0.1) is 18.9 Å². The van der Waals surface area contributed by atoms with Crippen molar-refractivity contribution < 1.29 is 18.7 Å². The third kappa shape index (κ3) is 5.17. The Balaban J connectivity index is 1.89. The lowest BCUT2D eigenvalue weighted by Crippen LogP contribution is -2.31. The fourth-order valence-corrected chi connectivity index (χ4v) is 2.35. The van der Waals surface area contributed by atoms with Gasteiger partial charge in [-0.3, -0.25) is 9.79 Å². The topological polar surface area (TPSA) is 80.9 Å². The van der Waals surface area contributed by atoms with Gasteiger partial charge >= 0.3 is 5.97 Å². The van der Waals surface area contributed by atoms with E-state index in [1.165, 1.54) is 7.11 Å². The van der Waals surface area contributed by atoms with Crippen LogP contribution >= 0.6 is 0 Å². The van der Waals surface area contributed by atoms with Crippen molar-refractivity contribution in [2.75, 3.05) is 20.7 Å². The number of carbonyl (C=O) groups excluding carboxylic acids is 2. The molecule has 136 valence electrons. The van der Waals surface area contributed by atoms with Crippen LogP contribution in [0.1, 0.15) is 28.6 Å². The molecule has 0 unspecified atom stereocenters. The van der Waals surface area contributed by atoms with Gasteiger partial charge in [0, 0.05) is 13.6 Å². The minimum absolute atomic E-state index is 0.246. The van der Waals surface area contributed by atoms with E-state index in [0.29, 0.717) is 30.0 Å². The average molecular weight is 354 g/mol. The third-order valence-electron chi connectivity index (χ3n) is 3.81. The Bertz CT molecular complexity index is 803. The zero-order valence-corrected chi connectivity index (χ0v) is 15.1. The predicted octanol–water partition coefficient (Wildman–Crippen LogP) is 2.90. The third-order valence-corrected chi connectivity index (χ3v) is 3.81. The summed E-state index contributed by atoms with van der Waals surface area (Å²) in [6.45, 7) is 2.32. The number of allylic oxidation sites excluding steroid dienone is 1. The van der Waals surface area contributed by atoms with Gasteiger partial charge in [0.15, 0.2) is 0 Å². The zero-order valence-electron chi connectivity index (χ0n) is 15.1. The van der Waals surface area contributed by atoms with Crippen molar-refractivity contribution in [2.24, 2.45) is 4.99 Å². The molecular formula is C20H22N2O4. The Morgan fingerprint density at radius 3 is 2.54 bits per heavy atom. The molecular weight excluding hydrogens is 332 g/mol. The van der Waals surface area contributed by atoms with Gasteiger partial charge in [-0.25, -0.2) is 4.79 Å². The lowest BCUT2D eigenvalue weighted by molar-refractivity contribution is -0.114. The summed E-state index contributed by atoms with van der Waals surface area (Å²) in [7, 11) is 2.92. The molecule has 0 aliphatic heterocycles. The largest absolute Gasteiger partial charge is 0.465 e. The summed E-state index contributed by atoms with van der Waals surface area (Å²) in [5, 5.41) is 2.84. The molecule has 0 aliphatic carbocycles. The van der Waals surface area contributed by atoms with Crippen molar-refractivity contribution in [3.63, 3.8) is 0 Å². The van der Waals surface area contributed by atoms with Crippen molar-refractivity contribution in [1.29, 1.82) is 0 Å². The molecule has 0 spiro atoms. The fraction of sp³-hybridized carbons (Fsp3) is 0.250. The lowest BCUT2D eigenvalue weighted by atomic mass is 10.1. The number of nitrogens with one attached hydrogen (secondary N) is 1. The summed E-state index contributed by atoms with van der Waals surface area (Å²) in [4.78, 5) is 27.7. The van der Waals surface area contributed by atoms with Crippen molar-refractivity contribution >= 4 is 23.2 Å². The number of benzene rings is 1. The van der Waals surface area contributed by atoms with Gasteiger partial charge in [0.1, 0.15) is 11.5 Å². The molecule has 6 nitrogen and oxygen atoms in total. The molecule has 0 saturated carbocycles. The van der Waals surface area contributed by atoms with Crippen molar-refractivity contribution in [2.45, 2.75) is 13.3 Å². The van der Waals surface area contributed by atoms with Crippen LogP contribution in [0.3, 0.4) is 0 Å². The van der Waals surface area contributed by atoms with Crippen LogP contribution in [-0.2, 0) is 16.0 Å². The van der Waals surface area contributed by atoms with E-state index in [1.54, 1.807) is 37.6 Å². The molecule has 1 aromatic heterocycles. The molecule has 1 N–H and O–H groups in total. The molecule has 0 radical (unpaired) electrons. The van der Waals surface area contributed by atoms with E-state index in [-0.39, 0.29) is 11.9 Å². The number of esters is 1. The maximum absolute atomic E-state index is 12.3. The molecule has 1 aromatic carbocycles. The number of amides is 1. The van der Waals surface area contributed by atoms with Gasteiger partial charge in [-0.05, 0) is 54.8 Å². The Morgan fingerprint density at radius 2 is 1.96 bits per heavy atom. The van der Waals surface area contributed by atoms with E-state index >= 15 is 0 Å². The molecule has 2 aromatic rings. The molecule has 26 heavy (non-hydrogen) atoms. The number of furan rings is 1. The van der Waals surface area contributed by atoms with E-state index < -0.39 is 0 Å². The zero-order chi connectivity index (χ0) is 18.9. The van der Waals surface area contributed by atoms with E-state index in [1.807, 2.05) is 25.1 Å². The smallest absolute Gasteiger partial charge is 0.337 e. The second kappa shape index (κ2) is 9.36. The molecule has 0 aliphatic rings. The Hall–Kier alpha value is -3.15. The van der Waals surface area contributed by atoms with Crippen LogP contribution in [0.2, 0.25) is 0 Å². The molecule has 0 atom stereocenters. The van der Waals surface area contributed by atoms with Gasteiger partial charge in [0.25, 0.3) is 5.91 Å². The van der Waals surface area contributed by atoms with Crippen LogP contribution in [-0.4, -0.2) is 38.3 Å². The summed E-state index contributed by atoms with van der Waals surface area (Å²) in [6.07, 6.45) is 3.92. The van der Waals surface area contributed by atoms with Crippen LogP contribution in [0.25, 0.3) is 5.57 Å². The number of ether oxygens (including phenoxy) is 1. The minimum atomic E-state index is -0.368. The summed E-state index contributed by atoms with van der Waals surface area (Å²) < 4.78 is 9.97. The van der Waals surface area contributed by atoms with Gasteiger partial charge in [0.2, 0.25) is 0 Å². The second-order valence-corrected chi connectivity index (χ2v) is 5.61. The van der Waals surface area contributed by atoms with Crippen molar-refractivity contribution in [3.05, 3.63) is 65.6 Å². The van der Waals surface area contributed by atoms with Crippen LogP contribution in [0.4, 0.5) is 0 Å². The Kier molecular flexibility index (Phi) is 6.91. The van der Waals surface area contributed by atoms with Crippen LogP contribution in [0.15, 0.2) is 58.1 Å². The fourth-order valence-electron chi connectivity index (χ4n) is 2.35. The number of rotatable bonds is 7. The minimum Gasteiger partial charge on any atom is -0.465 e. The maximum Gasteiger partial charge on any atom is 0.337 e. The van der Waals surface area contributed by atoms with Gasteiger partial charge in [-0.2, -0.15) is 0 Å². The number of methoxy groups -OCH3 is 1. The average Bonchev–Trinajstić information content (AvgIpc) is 3.20. The number of carbonyl (C=O) groups is 2. The summed E-state index contributed by atoms with van der Waals surface area (Å²) in [5.74, 6) is 0.0848. The number of nitrogens with zero attached hydrogens (tertiary/aromatic N) is 1. The lowest BCUT2D eigenvalue weighted by Gasteiger charge is -2.07. The van der Waals surface area contributed by atoms with E-state index in [9.17, 15) is 9.59 Å². The van der Waals surface area contributed by atoms with E-state index in [2.05, 4.69) is 15.0 Å². The monoisotopic (exact) mass is 354 g/mol. The van der Waals surface area contributed by atoms with E-state index in [4.69, 9.17) is 4.42 Å². The number of hydrogen-bond donors (Lipinski definition) is 1. The van der Waals surface area contributed by atoms with Gasteiger partial charge < -0.3 is 14.5 Å². The molecule has 0 saturated heterocycles. The highest BCUT2D eigenvalue weighted by Crippen LogP contribution is 2.13. The first kappa shape index (κ1) is 19.2. The van der Waals surface area contributed by atoms with Crippen LogP contribution in [0.5, 0.6) is 0 Å². The molecule has 1 amide bonds. The SMILES string of the molecule is CN=C(/C=C(\C)c1ccco1)C(=O)NCCc1ccc(C(=O)OC)cc1. The van der Waals surface area contributed by atoms with E-state index in [0.717, 1.165) is 11.1 Å². The molecule has 0 bridgehead atoms. The quantitative estimate of drug-likeness (QED) is 0.612. The molecule has 1 heterocycles. The normalized spacial score (nSPS) is 12.0. The molecule has 0 fully saturated rings. The summed E-state index contributed by atoms with van der Waals surface area (Å²) in [6, 6.07) is 10.7. The van der Waals surface area contributed by atoms with Crippen molar-refractivity contribution in [3.8, 4) is 0 Å². The Labute approximate surface area is 152 Å². The maximum atomic E-state index is 12.3. The first-order chi connectivity index (χ1) is 12.5. The number of aliphatic imine (C=N–C) groups is 1. The predicted molar refractivity (Wildman–Crippen MR) is 100 cm³/mol. The van der Waals surface area contributed by atoms with Gasteiger partial charge in [-0.15, -0.1) is 0 Å². The molecule has 6 heteroatoms. The van der Waals surface area contributed by atoms with Crippen LogP contribution < -0.4 is 5.32 Å².